The zero-order chi connectivity index (χ0) is 15.8. The van der Waals surface area contributed by atoms with E-state index in [9.17, 15) is 30.7 Å². The molecule has 0 atom stereocenters. The summed E-state index contributed by atoms with van der Waals surface area (Å²) in [6.45, 7) is -1.79. The van der Waals surface area contributed by atoms with E-state index >= 15 is 0 Å². The molecule has 1 rings (SSSR count). The Kier molecular flexibility index (Phi) is 4.20. The van der Waals surface area contributed by atoms with Gasteiger partial charge in [-0.3, -0.25) is 0 Å². The quantitative estimate of drug-likeness (QED) is 0.666. The lowest BCUT2D eigenvalue weighted by Gasteiger charge is -2.24. The number of hydrogen-bond acceptors (Lipinski definition) is 3. The molecule has 0 saturated heterocycles. The van der Waals surface area contributed by atoms with Gasteiger partial charge in [-0.25, -0.2) is 4.39 Å². The van der Waals surface area contributed by atoms with Gasteiger partial charge >= 0.3 is 12.4 Å². The summed E-state index contributed by atoms with van der Waals surface area (Å²) in [5.41, 5.74) is -1.36. The number of alkyl halides is 6. The van der Waals surface area contributed by atoms with Crippen LogP contribution in [0, 0.1) is 5.82 Å². The molecule has 0 unspecified atom stereocenters. The van der Waals surface area contributed by atoms with Crippen LogP contribution in [0.5, 0.6) is 5.75 Å². The van der Waals surface area contributed by atoms with Crippen LogP contribution in [0.25, 0.3) is 0 Å². The molecular weight excluding hydrogens is 301 g/mol. The molecule has 0 aliphatic carbocycles. The van der Waals surface area contributed by atoms with Crippen LogP contribution in [0.1, 0.15) is 5.56 Å². The molecule has 0 fully saturated rings. The summed E-state index contributed by atoms with van der Waals surface area (Å²) in [4.78, 5) is 0. The minimum Gasteiger partial charge on any atom is -0.485 e. The highest BCUT2D eigenvalue weighted by Gasteiger charge is 2.53. The van der Waals surface area contributed by atoms with E-state index in [0.29, 0.717) is 12.1 Å². The van der Waals surface area contributed by atoms with Crippen LogP contribution in [0.4, 0.5) is 30.7 Å². The fourth-order valence-electron chi connectivity index (χ4n) is 1.05. The van der Waals surface area contributed by atoms with Crippen LogP contribution < -0.4 is 4.74 Å². The molecule has 0 aliphatic rings. The lowest BCUT2D eigenvalue weighted by Crippen LogP contribution is -2.49. The Labute approximate surface area is 107 Å². The van der Waals surface area contributed by atoms with Gasteiger partial charge in [0, 0.05) is 0 Å². The number of ether oxygens (including phenoxy) is 1. The molecule has 0 aliphatic heterocycles. The molecule has 3 nitrogen and oxygen atoms in total. The van der Waals surface area contributed by atoms with E-state index in [4.69, 9.17) is 10.2 Å². The van der Waals surface area contributed by atoms with Crippen molar-refractivity contribution in [3.8, 4) is 5.75 Å². The van der Waals surface area contributed by atoms with Gasteiger partial charge in [0.1, 0.15) is 0 Å². The van der Waals surface area contributed by atoms with Gasteiger partial charge in [-0.1, -0.05) is 0 Å². The van der Waals surface area contributed by atoms with E-state index in [0.717, 1.165) is 0 Å². The molecular formula is C10H7F7O3. The third-order valence-electron chi connectivity index (χ3n) is 2.14. The first-order valence-electron chi connectivity index (χ1n) is 4.85. The summed E-state index contributed by atoms with van der Waals surface area (Å²) < 4.78 is 90.0. The van der Waals surface area contributed by atoms with Crippen LogP contribution in [-0.2, 0) is 6.18 Å². The normalized spacial score (nSPS) is 13.4. The summed E-state index contributed by atoms with van der Waals surface area (Å²) in [6.07, 6.45) is -10.3. The summed E-state index contributed by atoms with van der Waals surface area (Å²) in [5, 5.41) is 17.2. The Morgan fingerprint density at radius 3 is 1.95 bits per heavy atom. The van der Waals surface area contributed by atoms with Crippen molar-refractivity contribution in [1.29, 1.82) is 0 Å². The average molecular weight is 308 g/mol. The van der Waals surface area contributed by atoms with E-state index < -0.39 is 41.9 Å². The van der Waals surface area contributed by atoms with E-state index in [1.807, 2.05) is 0 Å². The van der Waals surface area contributed by atoms with Crippen molar-refractivity contribution >= 4 is 0 Å². The molecule has 20 heavy (non-hydrogen) atoms. The van der Waals surface area contributed by atoms with Crippen molar-refractivity contribution in [1.82, 2.24) is 0 Å². The Morgan fingerprint density at radius 1 is 1.00 bits per heavy atom. The Balaban J connectivity index is 2.86. The zero-order valence-electron chi connectivity index (χ0n) is 9.39. The molecule has 0 heterocycles. The first-order valence-corrected chi connectivity index (χ1v) is 4.85. The first kappa shape index (κ1) is 16.5. The predicted molar refractivity (Wildman–Crippen MR) is 50.1 cm³/mol. The third kappa shape index (κ3) is 3.73. The largest absolute Gasteiger partial charge is 0.485 e. The average Bonchev–Trinajstić information content (AvgIpc) is 2.24. The van der Waals surface area contributed by atoms with E-state index in [1.165, 1.54) is 0 Å². The molecule has 0 amide bonds. The van der Waals surface area contributed by atoms with Crippen molar-refractivity contribution < 1.29 is 45.7 Å². The Hall–Kier alpha value is -1.55. The monoisotopic (exact) mass is 308 g/mol. The Bertz CT molecular complexity index is 479. The lowest BCUT2D eigenvalue weighted by atomic mass is 10.2. The molecule has 1 aromatic carbocycles. The van der Waals surface area contributed by atoms with E-state index in [-0.39, 0.29) is 6.07 Å². The molecule has 0 saturated carbocycles. The van der Waals surface area contributed by atoms with Crippen LogP contribution >= 0.6 is 0 Å². The van der Waals surface area contributed by atoms with Gasteiger partial charge in [-0.2, -0.15) is 26.3 Å². The summed E-state index contributed by atoms with van der Waals surface area (Å²) >= 11 is 0. The molecule has 10 heteroatoms. The van der Waals surface area contributed by atoms with Gasteiger partial charge in [0.25, 0.3) is 5.79 Å². The smallest absolute Gasteiger partial charge is 0.446 e. The second kappa shape index (κ2) is 5.09. The number of hydrogen-bond donors (Lipinski definition) is 2. The molecule has 0 radical (unpaired) electrons. The van der Waals surface area contributed by atoms with Crippen molar-refractivity contribution in [3.63, 3.8) is 0 Å². The van der Waals surface area contributed by atoms with Crippen LogP contribution in [0.15, 0.2) is 18.2 Å². The maximum absolute atomic E-state index is 13.2. The van der Waals surface area contributed by atoms with Gasteiger partial charge < -0.3 is 14.9 Å². The fourth-order valence-corrected chi connectivity index (χ4v) is 1.05. The maximum Gasteiger partial charge on any atom is 0.446 e. The minimum atomic E-state index is -5.46. The van der Waals surface area contributed by atoms with Gasteiger partial charge in [0.05, 0.1) is 5.56 Å². The molecule has 114 valence electrons. The van der Waals surface area contributed by atoms with E-state index in [2.05, 4.69) is 4.74 Å². The van der Waals surface area contributed by atoms with Crippen LogP contribution in [0.3, 0.4) is 0 Å². The van der Waals surface area contributed by atoms with Gasteiger partial charge in [-0.05, 0) is 18.2 Å². The number of halogens is 7. The molecule has 0 aromatic heterocycles. The standard InChI is InChI=1S/C10H7F7O3/c11-6-3-5(9(12,13)14)1-2-7(6)20-4-8(18,19)10(15,16)17/h1-3,18-19H,4H2. The van der Waals surface area contributed by atoms with Crippen LogP contribution in [0.2, 0.25) is 0 Å². The molecule has 2 N–H and O–H groups in total. The topological polar surface area (TPSA) is 49.7 Å². The molecule has 0 spiro atoms. The first-order chi connectivity index (χ1) is 8.84. The minimum absolute atomic E-state index is 0.0132. The lowest BCUT2D eigenvalue weighted by molar-refractivity contribution is -0.355. The number of rotatable bonds is 3. The SMILES string of the molecule is OC(O)(COc1ccc(C(F)(F)F)cc1F)C(F)(F)F. The van der Waals surface area contributed by atoms with Gasteiger partial charge in [0.15, 0.2) is 18.2 Å². The van der Waals surface area contributed by atoms with Crippen molar-refractivity contribution in [3.05, 3.63) is 29.6 Å². The highest BCUT2D eigenvalue weighted by Crippen LogP contribution is 2.33. The fraction of sp³-hybridized carbons (Fsp3) is 0.400. The summed E-state index contributed by atoms with van der Waals surface area (Å²) in [7, 11) is 0. The maximum atomic E-state index is 13.2. The van der Waals surface area contributed by atoms with Crippen LogP contribution in [-0.4, -0.2) is 28.8 Å². The molecule has 0 bridgehead atoms. The van der Waals surface area contributed by atoms with Gasteiger partial charge in [-0.15, -0.1) is 0 Å². The number of aliphatic hydroxyl groups is 2. The predicted octanol–water partition coefficient (Wildman–Crippen LogP) is 2.47. The van der Waals surface area contributed by atoms with Gasteiger partial charge in [0.2, 0.25) is 0 Å². The highest BCUT2D eigenvalue weighted by atomic mass is 19.4. The van der Waals surface area contributed by atoms with Crippen molar-refractivity contribution in [2.24, 2.45) is 0 Å². The Morgan fingerprint density at radius 2 is 1.55 bits per heavy atom. The summed E-state index contributed by atoms with van der Waals surface area (Å²) in [5.74, 6) is -6.81. The second-order valence-electron chi connectivity index (χ2n) is 3.75. The number of benzene rings is 1. The highest BCUT2D eigenvalue weighted by molar-refractivity contribution is 5.30. The van der Waals surface area contributed by atoms with Crippen molar-refractivity contribution in [2.45, 2.75) is 18.1 Å². The summed E-state index contributed by atoms with van der Waals surface area (Å²) in [6, 6.07) is 0.826. The van der Waals surface area contributed by atoms with Crippen molar-refractivity contribution in [2.75, 3.05) is 6.61 Å². The second-order valence-corrected chi connectivity index (χ2v) is 3.75. The molecule has 1 aromatic rings. The zero-order valence-corrected chi connectivity index (χ0v) is 9.39. The third-order valence-corrected chi connectivity index (χ3v) is 2.14. The van der Waals surface area contributed by atoms with E-state index in [1.54, 1.807) is 0 Å².